The number of pyridine rings is 1. The van der Waals surface area contributed by atoms with Gasteiger partial charge in [0.25, 0.3) is 5.88 Å². The predicted molar refractivity (Wildman–Crippen MR) is 66.3 cm³/mol. The number of rotatable bonds is 3. The molecule has 0 amide bonds. The Hall–Kier alpha value is -1.46. The lowest BCUT2D eigenvalue weighted by molar-refractivity contribution is -0.0553. The Kier molecular flexibility index (Phi) is 4.17. The zero-order valence-corrected chi connectivity index (χ0v) is 10.7. The molecule has 1 heterocycles. The summed E-state index contributed by atoms with van der Waals surface area (Å²) in [6.07, 6.45) is 1.16. The monoisotopic (exact) mass is 307 g/mol. The molecule has 100 valence electrons. The predicted octanol–water partition coefficient (Wildman–Crippen LogP) is 4.80. The second kappa shape index (κ2) is 5.67. The summed E-state index contributed by atoms with van der Waals surface area (Å²) in [4.78, 5) is 3.48. The number of alkyl halides is 2. The number of benzene rings is 1. The van der Waals surface area contributed by atoms with E-state index in [1.165, 1.54) is 0 Å². The van der Waals surface area contributed by atoms with Crippen LogP contribution in [0.1, 0.15) is 0 Å². The van der Waals surface area contributed by atoms with Gasteiger partial charge in [-0.15, -0.1) is 0 Å². The first-order valence-corrected chi connectivity index (χ1v) is 5.79. The van der Waals surface area contributed by atoms with E-state index in [0.29, 0.717) is 15.6 Å². The molecule has 0 aliphatic carbocycles. The second-order valence-corrected chi connectivity index (χ2v) is 4.30. The van der Waals surface area contributed by atoms with Crippen LogP contribution in [-0.2, 0) is 0 Å². The van der Waals surface area contributed by atoms with Crippen molar-refractivity contribution in [1.29, 1.82) is 0 Å². The highest BCUT2D eigenvalue weighted by Crippen LogP contribution is 2.35. The van der Waals surface area contributed by atoms with Crippen LogP contribution in [-0.4, -0.2) is 11.6 Å². The van der Waals surface area contributed by atoms with E-state index in [4.69, 9.17) is 23.2 Å². The maximum absolute atomic E-state index is 13.6. The number of ether oxygens (including phenoxy) is 1. The molecule has 2 nitrogen and oxygen atoms in total. The van der Waals surface area contributed by atoms with Crippen LogP contribution in [0.3, 0.4) is 0 Å². The largest absolute Gasteiger partial charge is 0.414 e. The summed E-state index contributed by atoms with van der Waals surface area (Å²) in [6.45, 7) is -3.14. The van der Waals surface area contributed by atoms with Gasteiger partial charge >= 0.3 is 6.61 Å². The SMILES string of the molecule is Fc1cc(-c2c(Cl)cccc2Cl)cnc1OC(F)F. The van der Waals surface area contributed by atoms with E-state index in [-0.39, 0.29) is 5.56 Å². The van der Waals surface area contributed by atoms with Crippen LogP contribution in [0, 0.1) is 5.82 Å². The highest BCUT2D eigenvalue weighted by molar-refractivity contribution is 6.39. The van der Waals surface area contributed by atoms with Crippen LogP contribution in [0.15, 0.2) is 30.5 Å². The van der Waals surface area contributed by atoms with Crippen LogP contribution in [0.5, 0.6) is 5.88 Å². The van der Waals surface area contributed by atoms with Crippen molar-refractivity contribution in [2.24, 2.45) is 0 Å². The molecule has 0 saturated carbocycles. The molecule has 0 atom stereocenters. The van der Waals surface area contributed by atoms with E-state index in [1.807, 2.05) is 0 Å². The van der Waals surface area contributed by atoms with Crippen molar-refractivity contribution in [2.45, 2.75) is 6.61 Å². The molecule has 1 aromatic carbocycles. The number of nitrogens with zero attached hydrogens (tertiary/aromatic N) is 1. The van der Waals surface area contributed by atoms with Crippen molar-refractivity contribution in [3.05, 3.63) is 46.3 Å². The van der Waals surface area contributed by atoms with E-state index in [1.54, 1.807) is 18.2 Å². The van der Waals surface area contributed by atoms with Gasteiger partial charge in [0.1, 0.15) is 0 Å². The third-order valence-electron chi connectivity index (χ3n) is 2.26. The van der Waals surface area contributed by atoms with Gasteiger partial charge in [0.05, 0.1) is 0 Å². The molecule has 0 aliphatic heterocycles. The molecular weight excluding hydrogens is 302 g/mol. The van der Waals surface area contributed by atoms with E-state index in [2.05, 4.69) is 9.72 Å². The van der Waals surface area contributed by atoms with Gasteiger partial charge in [-0.25, -0.2) is 9.37 Å². The summed E-state index contributed by atoms with van der Waals surface area (Å²) in [6, 6.07) is 5.76. The minimum atomic E-state index is -3.14. The van der Waals surface area contributed by atoms with Gasteiger partial charge in [0.2, 0.25) is 0 Å². The first-order valence-electron chi connectivity index (χ1n) is 5.04. The molecule has 0 saturated heterocycles. The van der Waals surface area contributed by atoms with E-state index in [0.717, 1.165) is 12.3 Å². The van der Waals surface area contributed by atoms with Crippen LogP contribution in [0.2, 0.25) is 10.0 Å². The van der Waals surface area contributed by atoms with E-state index >= 15 is 0 Å². The molecule has 19 heavy (non-hydrogen) atoms. The topological polar surface area (TPSA) is 22.1 Å². The maximum atomic E-state index is 13.6. The van der Waals surface area contributed by atoms with Gasteiger partial charge in [-0.3, -0.25) is 0 Å². The first kappa shape index (κ1) is 14.0. The Bertz CT molecular complexity index is 587. The zero-order valence-electron chi connectivity index (χ0n) is 9.21. The molecule has 7 heteroatoms. The average Bonchev–Trinajstić information content (AvgIpc) is 2.32. The van der Waals surface area contributed by atoms with E-state index in [9.17, 15) is 13.2 Å². The van der Waals surface area contributed by atoms with Crippen molar-refractivity contribution >= 4 is 23.2 Å². The Labute approximate surface area is 116 Å². The number of halogens is 5. The van der Waals surface area contributed by atoms with Crippen LogP contribution in [0.25, 0.3) is 11.1 Å². The van der Waals surface area contributed by atoms with Crippen molar-refractivity contribution in [2.75, 3.05) is 0 Å². The summed E-state index contributed by atoms with van der Waals surface area (Å²) in [5.74, 6) is -1.80. The number of hydrogen-bond acceptors (Lipinski definition) is 2. The minimum absolute atomic E-state index is 0.273. The number of hydrogen-bond donors (Lipinski definition) is 0. The summed E-state index contributed by atoms with van der Waals surface area (Å²) in [5.41, 5.74) is 0.649. The molecule has 0 bridgehead atoms. The molecule has 0 spiro atoms. The zero-order chi connectivity index (χ0) is 14.0. The van der Waals surface area contributed by atoms with Crippen LogP contribution in [0.4, 0.5) is 13.2 Å². The maximum Gasteiger partial charge on any atom is 0.388 e. The summed E-state index contributed by atoms with van der Waals surface area (Å²) in [7, 11) is 0. The Morgan fingerprint density at radius 1 is 1.16 bits per heavy atom. The Morgan fingerprint density at radius 2 is 1.79 bits per heavy atom. The van der Waals surface area contributed by atoms with Crippen LogP contribution < -0.4 is 4.74 Å². The standard InChI is InChI=1S/C12H6Cl2F3NO/c13-7-2-1-3-8(14)10(7)6-4-9(15)11(18-5-6)19-12(16)17/h1-5,12H. The van der Waals surface area contributed by atoms with Crippen molar-refractivity contribution in [1.82, 2.24) is 4.98 Å². The molecule has 0 unspecified atom stereocenters. The lowest BCUT2D eigenvalue weighted by atomic mass is 10.1. The van der Waals surface area contributed by atoms with Gasteiger partial charge in [0, 0.05) is 27.4 Å². The summed E-state index contributed by atoms with van der Waals surface area (Å²) >= 11 is 11.9. The lowest BCUT2D eigenvalue weighted by Crippen LogP contribution is -2.05. The normalized spacial score (nSPS) is 10.8. The van der Waals surface area contributed by atoms with Gasteiger partial charge in [-0.2, -0.15) is 8.78 Å². The highest BCUT2D eigenvalue weighted by Gasteiger charge is 2.15. The summed E-state index contributed by atoms with van der Waals surface area (Å²) in [5, 5.41) is 0.604. The molecule has 0 aliphatic rings. The minimum Gasteiger partial charge on any atom is -0.414 e. The van der Waals surface area contributed by atoms with Crippen LogP contribution >= 0.6 is 23.2 Å². The molecule has 1 aromatic heterocycles. The first-order chi connectivity index (χ1) is 8.99. The average molecular weight is 308 g/mol. The van der Waals surface area contributed by atoms with Gasteiger partial charge in [-0.1, -0.05) is 29.3 Å². The summed E-state index contributed by atoms with van der Waals surface area (Å²) < 4.78 is 41.4. The molecule has 2 aromatic rings. The van der Waals surface area contributed by atoms with Gasteiger partial charge < -0.3 is 4.74 Å². The fourth-order valence-electron chi connectivity index (χ4n) is 1.51. The number of aromatic nitrogens is 1. The van der Waals surface area contributed by atoms with Gasteiger partial charge in [0.15, 0.2) is 5.82 Å². The molecule has 0 N–H and O–H groups in total. The smallest absolute Gasteiger partial charge is 0.388 e. The fourth-order valence-corrected chi connectivity index (χ4v) is 2.12. The molecule has 0 fully saturated rings. The van der Waals surface area contributed by atoms with Gasteiger partial charge in [-0.05, 0) is 18.2 Å². The van der Waals surface area contributed by atoms with Crippen molar-refractivity contribution < 1.29 is 17.9 Å². The Balaban J connectivity index is 2.45. The molecule has 0 radical (unpaired) electrons. The van der Waals surface area contributed by atoms with E-state index < -0.39 is 18.3 Å². The lowest BCUT2D eigenvalue weighted by Gasteiger charge is -2.09. The molecular formula is C12H6Cl2F3NO. The highest BCUT2D eigenvalue weighted by atomic mass is 35.5. The van der Waals surface area contributed by atoms with Crippen molar-refractivity contribution in [3.8, 4) is 17.0 Å². The molecule has 2 rings (SSSR count). The fraction of sp³-hybridized carbons (Fsp3) is 0.0833. The van der Waals surface area contributed by atoms with Crippen molar-refractivity contribution in [3.63, 3.8) is 0 Å². The second-order valence-electron chi connectivity index (χ2n) is 3.49. The Morgan fingerprint density at radius 3 is 2.32 bits per heavy atom. The third kappa shape index (κ3) is 3.11. The third-order valence-corrected chi connectivity index (χ3v) is 2.89. The quantitative estimate of drug-likeness (QED) is 0.813.